The van der Waals surface area contributed by atoms with E-state index in [1.165, 1.54) is 12.5 Å². The number of aryl methyl sites for hydroxylation is 1. The smallest absolute Gasteiger partial charge is 0.250 e. The number of ether oxygens (including phenoxy) is 1. The lowest BCUT2D eigenvalue weighted by molar-refractivity contribution is 0.406. The predicted octanol–water partition coefficient (Wildman–Crippen LogP) is 1.97. The maximum absolute atomic E-state index is 12.1. The summed E-state index contributed by atoms with van der Waals surface area (Å²) in [7, 11) is 1.63. The average molecular weight is 312 g/mol. The van der Waals surface area contributed by atoms with Crippen LogP contribution in [0.5, 0.6) is 5.75 Å². The van der Waals surface area contributed by atoms with E-state index in [1.807, 2.05) is 13.8 Å². The minimum Gasteiger partial charge on any atom is -0.496 e. The van der Waals surface area contributed by atoms with E-state index in [2.05, 4.69) is 15.2 Å². The Balaban J connectivity index is 2.01. The maximum Gasteiger partial charge on any atom is 0.250 e. The summed E-state index contributed by atoms with van der Waals surface area (Å²) in [6, 6.07) is 3.13. The minimum absolute atomic E-state index is 0.131. The molecule has 0 saturated heterocycles. The van der Waals surface area contributed by atoms with Gasteiger partial charge in [0.15, 0.2) is 0 Å². The van der Waals surface area contributed by atoms with Crippen LogP contribution in [0.3, 0.4) is 0 Å². The highest BCUT2D eigenvalue weighted by Crippen LogP contribution is 2.24. The molecule has 0 bridgehead atoms. The largest absolute Gasteiger partial charge is 0.496 e. The molecule has 3 aromatic heterocycles. The molecule has 0 N–H and O–H groups in total. The monoisotopic (exact) mass is 312 g/mol. The maximum atomic E-state index is 12.1. The highest BCUT2D eigenvalue weighted by Gasteiger charge is 2.12. The molecule has 0 radical (unpaired) electrons. The zero-order valence-electron chi connectivity index (χ0n) is 13.1. The van der Waals surface area contributed by atoms with E-state index in [-0.39, 0.29) is 5.56 Å². The van der Waals surface area contributed by atoms with Gasteiger partial charge in [-0.2, -0.15) is 0 Å². The minimum atomic E-state index is -0.131. The second-order valence-corrected chi connectivity index (χ2v) is 5.17. The van der Waals surface area contributed by atoms with Crippen molar-refractivity contribution < 1.29 is 9.15 Å². The van der Waals surface area contributed by atoms with Crippen molar-refractivity contribution in [1.29, 1.82) is 0 Å². The number of methoxy groups -OCH3 is 1. The van der Waals surface area contributed by atoms with Gasteiger partial charge in [-0.3, -0.25) is 9.78 Å². The number of nitrogens with zero attached hydrogens (tertiary/aromatic N) is 4. The first-order chi connectivity index (χ1) is 11.1. The quantitative estimate of drug-likeness (QED) is 0.732. The Hall–Kier alpha value is -2.96. The second kappa shape index (κ2) is 6.04. The van der Waals surface area contributed by atoms with Crippen LogP contribution in [0.1, 0.15) is 16.8 Å². The fraction of sp³-hybridized carbons (Fsp3) is 0.250. The zero-order valence-corrected chi connectivity index (χ0v) is 13.1. The lowest BCUT2D eigenvalue weighted by Crippen LogP contribution is -2.20. The van der Waals surface area contributed by atoms with Crippen molar-refractivity contribution >= 4 is 0 Å². The van der Waals surface area contributed by atoms with Gasteiger partial charge in [0.05, 0.1) is 24.9 Å². The van der Waals surface area contributed by atoms with Crippen LogP contribution in [0.15, 0.2) is 40.1 Å². The summed E-state index contributed by atoms with van der Waals surface area (Å²) in [5, 5.41) is 7.50. The third kappa shape index (κ3) is 2.85. The van der Waals surface area contributed by atoms with Crippen molar-refractivity contribution in [3.8, 4) is 17.2 Å². The van der Waals surface area contributed by atoms with E-state index in [9.17, 15) is 4.79 Å². The fourth-order valence-electron chi connectivity index (χ4n) is 2.47. The Morgan fingerprint density at radius 2 is 2.13 bits per heavy atom. The predicted molar refractivity (Wildman–Crippen MR) is 83.4 cm³/mol. The highest BCUT2D eigenvalue weighted by molar-refractivity contribution is 5.50. The van der Waals surface area contributed by atoms with Gasteiger partial charge in [0, 0.05) is 29.6 Å². The van der Waals surface area contributed by atoms with Crippen molar-refractivity contribution in [2.45, 2.75) is 20.4 Å². The molecule has 0 aromatic carbocycles. The highest BCUT2D eigenvalue weighted by atomic mass is 16.5. The zero-order chi connectivity index (χ0) is 16.4. The summed E-state index contributed by atoms with van der Waals surface area (Å²) in [6.45, 7) is 4.20. The van der Waals surface area contributed by atoms with Crippen LogP contribution in [0, 0.1) is 13.8 Å². The summed E-state index contributed by atoms with van der Waals surface area (Å²) in [6.07, 6.45) is 4.68. The third-order valence-electron chi connectivity index (χ3n) is 3.66. The number of hydrogen-bond acceptors (Lipinski definition) is 6. The van der Waals surface area contributed by atoms with E-state index < -0.39 is 0 Å². The normalized spacial score (nSPS) is 10.7. The van der Waals surface area contributed by atoms with Gasteiger partial charge in [-0.1, -0.05) is 0 Å². The summed E-state index contributed by atoms with van der Waals surface area (Å²) >= 11 is 0. The first kappa shape index (κ1) is 15.0. The Morgan fingerprint density at radius 1 is 1.30 bits per heavy atom. The van der Waals surface area contributed by atoms with Crippen LogP contribution < -0.4 is 10.3 Å². The summed E-state index contributed by atoms with van der Waals surface area (Å²) in [4.78, 5) is 16.5. The Labute approximate surface area is 132 Å². The average Bonchev–Trinajstić information content (AvgIpc) is 3.07. The van der Waals surface area contributed by atoms with Gasteiger partial charge in [-0.15, -0.1) is 10.2 Å². The van der Waals surface area contributed by atoms with Crippen molar-refractivity contribution in [1.82, 2.24) is 19.7 Å². The van der Waals surface area contributed by atoms with Gasteiger partial charge >= 0.3 is 0 Å². The molecule has 0 aliphatic carbocycles. The standard InChI is InChI=1S/C16H16N4O3/c1-10-6-17-13(11(2)15(10)22-3)8-20-7-12(4-5-14(20)21)16-19-18-9-23-16/h4-7,9H,8H2,1-3H3. The number of pyridine rings is 2. The molecule has 0 aliphatic rings. The molecule has 118 valence electrons. The molecule has 23 heavy (non-hydrogen) atoms. The molecular formula is C16H16N4O3. The summed E-state index contributed by atoms with van der Waals surface area (Å²) < 4.78 is 12.1. The Kier molecular flexibility index (Phi) is 3.92. The first-order valence-corrected chi connectivity index (χ1v) is 7.06. The van der Waals surface area contributed by atoms with E-state index in [4.69, 9.17) is 9.15 Å². The van der Waals surface area contributed by atoms with Crippen molar-refractivity contribution in [3.63, 3.8) is 0 Å². The summed E-state index contributed by atoms with van der Waals surface area (Å²) in [5.74, 6) is 1.15. The molecule has 0 saturated carbocycles. The summed E-state index contributed by atoms with van der Waals surface area (Å²) in [5.41, 5.74) is 3.20. The van der Waals surface area contributed by atoms with Crippen LogP contribution in [0.4, 0.5) is 0 Å². The van der Waals surface area contributed by atoms with Gasteiger partial charge in [0.25, 0.3) is 5.56 Å². The van der Waals surface area contributed by atoms with Crippen LogP contribution >= 0.6 is 0 Å². The number of rotatable bonds is 4. The molecule has 0 amide bonds. The Morgan fingerprint density at radius 3 is 2.83 bits per heavy atom. The van der Waals surface area contributed by atoms with Crippen molar-refractivity contribution in [2.75, 3.05) is 7.11 Å². The van der Waals surface area contributed by atoms with Crippen molar-refractivity contribution in [3.05, 3.63) is 58.1 Å². The van der Waals surface area contributed by atoms with Crippen LogP contribution in [0.25, 0.3) is 11.5 Å². The SMILES string of the molecule is COc1c(C)cnc(Cn2cc(-c3nnco3)ccc2=O)c1C. The molecule has 3 heterocycles. The Bertz CT molecular complexity index is 885. The lowest BCUT2D eigenvalue weighted by atomic mass is 10.1. The van der Waals surface area contributed by atoms with E-state index in [1.54, 1.807) is 30.1 Å². The van der Waals surface area contributed by atoms with Gasteiger partial charge < -0.3 is 13.7 Å². The molecule has 7 heteroatoms. The van der Waals surface area contributed by atoms with E-state index in [0.717, 1.165) is 22.6 Å². The molecule has 0 unspecified atom stereocenters. The second-order valence-electron chi connectivity index (χ2n) is 5.17. The van der Waals surface area contributed by atoms with Gasteiger partial charge in [-0.05, 0) is 19.9 Å². The first-order valence-electron chi connectivity index (χ1n) is 7.06. The van der Waals surface area contributed by atoms with Crippen LogP contribution in [-0.4, -0.2) is 26.9 Å². The molecule has 0 aliphatic heterocycles. The van der Waals surface area contributed by atoms with E-state index >= 15 is 0 Å². The van der Waals surface area contributed by atoms with Gasteiger partial charge in [0.1, 0.15) is 5.75 Å². The van der Waals surface area contributed by atoms with Crippen molar-refractivity contribution in [2.24, 2.45) is 0 Å². The number of hydrogen-bond donors (Lipinski definition) is 0. The molecule has 3 aromatic rings. The topological polar surface area (TPSA) is 83.0 Å². The van der Waals surface area contributed by atoms with Gasteiger partial charge in [0.2, 0.25) is 12.3 Å². The van der Waals surface area contributed by atoms with Gasteiger partial charge in [-0.25, -0.2) is 0 Å². The third-order valence-corrected chi connectivity index (χ3v) is 3.66. The molecule has 3 rings (SSSR count). The molecule has 0 atom stereocenters. The number of aromatic nitrogens is 4. The van der Waals surface area contributed by atoms with Crippen LogP contribution in [-0.2, 0) is 6.54 Å². The fourth-order valence-corrected chi connectivity index (χ4v) is 2.47. The van der Waals surface area contributed by atoms with Crippen LogP contribution in [0.2, 0.25) is 0 Å². The van der Waals surface area contributed by atoms with E-state index in [0.29, 0.717) is 18.0 Å². The lowest BCUT2D eigenvalue weighted by Gasteiger charge is -2.13. The molecule has 0 fully saturated rings. The molecule has 0 spiro atoms. The molecule has 7 nitrogen and oxygen atoms in total. The molecular weight excluding hydrogens is 296 g/mol.